The van der Waals surface area contributed by atoms with E-state index in [-0.39, 0.29) is 13.3 Å². The van der Waals surface area contributed by atoms with Crippen molar-refractivity contribution in [3.63, 3.8) is 0 Å². The highest BCUT2D eigenvalue weighted by Crippen LogP contribution is 2.58. The van der Waals surface area contributed by atoms with Crippen LogP contribution in [0.4, 0.5) is 0 Å². The van der Waals surface area contributed by atoms with E-state index >= 15 is 0 Å². The molecule has 0 radical (unpaired) electrons. The summed E-state index contributed by atoms with van der Waals surface area (Å²) in [6.45, 7) is 0.128. The van der Waals surface area contributed by atoms with Crippen molar-refractivity contribution in [3.05, 3.63) is 40.6 Å². The lowest BCUT2D eigenvalue weighted by atomic mass is 9.57. The van der Waals surface area contributed by atoms with Gasteiger partial charge in [-0.15, -0.1) is 0 Å². The standard InChI is InChI=1S/C17H18NO6/c1-22-10-2-3-17-9-5-12-11(23-7-24-12)4-8(9)15(20)14(10)16(17)18(21)6-13(17)19/h2-5,10,13-16,19-20H,6-7H2,1H3/q-1. The summed E-state index contributed by atoms with van der Waals surface area (Å²) in [6, 6.07) is 2.98. The third-order valence-electron chi connectivity index (χ3n) is 5.98. The first kappa shape index (κ1) is 14.7. The molecule has 0 aromatic heterocycles. The van der Waals surface area contributed by atoms with E-state index in [9.17, 15) is 15.4 Å². The highest BCUT2D eigenvalue weighted by atomic mass is 16.7. The van der Waals surface area contributed by atoms with Gasteiger partial charge >= 0.3 is 0 Å². The Balaban J connectivity index is 1.80. The molecule has 1 aromatic carbocycles. The minimum absolute atomic E-state index is 0.00252. The zero-order valence-electron chi connectivity index (χ0n) is 13.1. The zero-order valence-corrected chi connectivity index (χ0v) is 13.1. The van der Waals surface area contributed by atoms with Crippen molar-refractivity contribution >= 4 is 0 Å². The molecule has 2 heterocycles. The molecule has 128 valence electrons. The number of β-amino-alcohol motifs (C(OH)–C–C–N with tert-alkyl or cyclic N) is 1. The lowest BCUT2D eigenvalue weighted by Crippen LogP contribution is -2.59. The number of rotatable bonds is 1. The Kier molecular flexibility index (Phi) is 2.88. The molecule has 5 rings (SSSR count). The molecule has 7 nitrogen and oxygen atoms in total. The predicted molar refractivity (Wildman–Crippen MR) is 82.5 cm³/mol. The molecule has 2 bridgehead atoms. The van der Waals surface area contributed by atoms with Crippen LogP contribution in [0.25, 0.3) is 0 Å². The van der Waals surface area contributed by atoms with E-state index in [0.29, 0.717) is 17.1 Å². The third-order valence-corrected chi connectivity index (χ3v) is 5.98. The summed E-state index contributed by atoms with van der Waals surface area (Å²) in [5.74, 6) is 0.694. The summed E-state index contributed by atoms with van der Waals surface area (Å²) in [5, 5.41) is 35.2. The van der Waals surface area contributed by atoms with Gasteiger partial charge in [-0.1, -0.05) is 12.2 Å². The number of hydrogen-bond acceptors (Lipinski definition) is 7. The maximum absolute atomic E-state index is 12.6. The van der Waals surface area contributed by atoms with Crippen molar-refractivity contribution in [2.24, 2.45) is 5.92 Å². The van der Waals surface area contributed by atoms with Gasteiger partial charge in [-0.25, -0.2) is 0 Å². The van der Waals surface area contributed by atoms with Crippen LogP contribution in [-0.4, -0.2) is 54.0 Å². The molecule has 2 aliphatic heterocycles. The van der Waals surface area contributed by atoms with Gasteiger partial charge in [0.25, 0.3) is 0 Å². The number of fused-ring (bicyclic) bond motifs is 2. The summed E-state index contributed by atoms with van der Waals surface area (Å²) >= 11 is 0. The molecule has 1 aromatic rings. The number of hydrogen-bond donors (Lipinski definition) is 2. The molecule has 6 unspecified atom stereocenters. The summed E-state index contributed by atoms with van der Waals surface area (Å²) in [4.78, 5) is 0. The average Bonchev–Trinajstić information content (AvgIpc) is 3.14. The summed E-state index contributed by atoms with van der Waals surface area (Å²) in [6.07, 6.45) is 1.59. The van der Waals surface area contributed by atoms with Gasteiger partial charge in [0.15, 0.2) is 11.5 Å². The molecule has 1 fully saturated rings. The van der Waals surface area contributed by atoms with Gasteiger partial charge in [0.1, 0.15) is 0 Å². The maximum Gasteiger partial charge on any atom is 0.231 e. The Morgan fingerprint density at radius 3 is 2.79 bits per heavy atom. The predicted octanol–water partition coefficient (Wildman–Crippen LogP) is 0.444. The monoisotopic (exact) mass is 332 g/mol. The van der Waals surface area contributed by atoms with Gasteiger partial charge in [-0.05, 0) is 23.3 Å². The van der Waals surface area contributed by atoms with E-state index in [1.807, 2.05) is 12.2 Å². The van der Waals surface area contributed by atoms with Gasteiger partial charge in [0, 0.05) is 25.6 Å². The van der Waals surface area contributed by atoms with E-state index in [1.54, 1.807) is 19.2 Å². The maximum atomic E-state index is 12.6. The number of benzene rings is 1. The fourth-order valence-electron chi connectivity index (χ4n) is 4.95. The Hall–Kier alpha value is -1.64. The van der Waals surface area contributed by atoms with Gasteiger partial charge in [0.05, 0.1) is 23.7 Å². The zero-order chi connectivity index (χ0) is 16.6. The van der Waals surface area contributed by atoms with Crippen molar-refractivity contribution in [3.8, 4) is 11.5 Å². The molecule has 2 N–H and O–H groups in total. The molecule has 1 saturated heterocycles. The molecule has 7 heteroatoms. The number of hydroxylamine groups is 2. The molecular formula is C17H18NO6-. The Labute approximate surface area is 138 Å². The largest absolute Gasteiger partial charge is 0.785 e. The molecule has 24 heavy (non-hydrogen) atoms. The Morgan fingerprint density at radius 2 is 2.04 bits per heavy atom. The summed E-state index contributed by atoms with van der Waals surface area (Å²) < 4.78 is 16.4. The van der Waals surface area contributed by atoms with Crippen LogP contribution in [0.5, 0.6) is 11.5 Å². The molecule has 0 spiro atoms. The van der Waals surface area contributed by atoms with Crippen molar-refractivity contribution in [2.45, 2.75) is 29.8 Å². The number of ether oxygens (including phenoxy) is 3. The quantitative estimate of drug-likeness (QED) is 0.721. The van der Waals surface area contributed by atoms with Crippen LogP contribution < -0.4 is 9.47 Å². The van der Waals surface area contributed by atoms with E-state index in [0.717, 1.165) is 10.6 Å². The second-order valence-electron chi connectivity index (χ2n) is 6.87. The second kappa shape index (κ2) is 4.71. The van der Waals surface area contributed by atoms with Gasteiger partial charge in [0.2, 0.25) is 6.79 Å². The van der Waals surface area contributed by atoms with Crippen LogP contribution in [0.1, 0.15) is 17.2 Å². The normalized spacial score (nSPS) is 42.1. The van der Waals surface area contributed by atoms with Crippen LogP contribution in [0.3, 0.4) is 0 Å². The van der Waals surface area contributed by atoms with Crippen LogP contribution >= 0.6 is 0 Å². The smallest absolute Gasteiger partial charge is 0.231 e. The highest BCUT2D eigenvalue weighted by molar-refractivity contribution is 5.58. The van der Waals surface area contributed by atoms with Crippen LogP contribution in [0.2, 0.25) is 0 Å². The van der Waals surface area contributed by atoms with Crippen molar-refractivity contribution < 1.29 is 24.4 Å². The lowest BCUT2D eigenvalue weighted by molar-refractivity contribution is -0.0535. The fraction of sp³-hybridized carbons (Fsp3) is 0.529. The van der Waals surface area contributed by atoms with E-state index < -0.39 is 35.7 Å². The van der Waals surface area contributed by atoms with E-state index in [2.05, 4.69) is 0 Å². The average molecular weight is 332 g/mol. The van der Waals surface area contributed by atoms with Crippen LogP contribution in [0, 0.1) is 11.1 Å². The number of aliphatic hydroxyl groups is 2. The Morgan fingerprint density at radius 1 is 1.29 bits per heavy atom. The minimum atomic E-state index is -0.885. The van der Waals surface area contributed by atoms with E-state index in [1.165, 1.54) is 0 Å². The summed E-state index contributed by atoms with van der Waals surface area (Å²) in [7, 11) is 1.56. The summed E-state index contributed by atoms with van der Waals surface area (Å²) in [5.41, 5.74) is 0.537. The number of nitrogens with zero attached hydrogens (tertiary/aromatic N) is 1. The number of aliphatic hydroxyl groups excluding tert-OH is 2. The molecular weight excluding hydrogens is 314 g/mol. The van der Waals surface area contributed by atoms with Crippen molar-refractivity contribution in [1.82, 2.24) is 5.06 Å². The fourth-order valence-corrected chi connectivity index (χ4v) is 4.95. The van der Waals surface area contributed by atoms with Gasteiger partial charge < -0.3 is 34.7 Å². The SMILES string of the molecule is COC1C=CC23c4cc5c(cc4C(O)C1C2N([O-])CC3O)OCO5. The molecule has 2 aliphatic carbocycles. The first-order chi connectivity index (χ1) is 11.6. The minimum Gasteiger partial charge on any atom is -0.785 e. The second-order valence-corrected chi connectivity index (χ2v) is 6.87. The molecule has 6 atom stereocenters. The van der Waals surface area contributed by atoms with E-state index in [4.69, 9.17) is 14.2 Å². The van der Waals surface area contributed by atoms with Crippen LogP contribution in [0.15, 0.2) is 24.3 Å². The Bertz CT molecular complexity index is 736. The van der Waals surface area contributed by atoms with Gasteiger partial charge in [-0.3, -0.25) is 0 Å². The lowest BCUT2D eigenvalue weighted by Gasteiger charge is -2.54. The first-order valence-electron chi connectivity index (χ1n) is 8.04. The molecule has 0 saturated carbocycles. The molecule has 4 aliphatic rings. The van der Waals surface area contributed by atoms with Crippen molar-refractivity contribution in [1.29, 1.82) is 0 Å². The molecule has 0 amide bonds. The third kappa shape index (κ3) is 1.54. The van der Waals surface area contributed by atoms with Crippen LogP contribution in [-0.2, 0) is 10.2 Å². The van der Waals surface area contributed by atoms with Gasteiger partial charge in [-0.2, -0.15) is 0 Å². The van der Waals surface area contributed by atoms with Crippen molar-refractivity contribution in [2.75, 3.05) is 20.4 Å². The first-order valence-corrected chi connectivity index (χ1v) is 8.04. The highest BCUT2D eigenvalue weighted by Gasteiger charge is 2.62. The number of methoxy groups -OCH3 is 1. The topological polar surface area (TPSA) is 94.5 Å².